The van der Waals surface area contributed by atoms with Gasteiger partial charge in [-0.05, 0) is 170 Å². The van der Waals surface area contributed by atoms with Gasteiger partial charge >= 0.3 is 0 Å². The minimum absolute atomic E-state index is 1.22. The third kappa shape index (κ3) is 5.91. The maximum atomic E-state index is 2.38. The molecule has 290 valence electrons. The Morgan fingerprint density at radius 2 is 0.419 bits per heavy atom. The quantitative estimate of drug-likeness (QED) is 0.152. The minimum Gasteiger partial charge on any atom is -0.0616 e. The van der Waals surface area contributed by atoms with Crippen molar-refractivity contribution in [3.05, 3.63) is 230 Å². The van der Waals surface area contributed by atoms with Gasteiger partial charge in [-0.1, -0.05) is 194 Å². The van der Waals surface area contributed by atoms with Gasteiger partial charge in [0.25, 0.3) is 0 Å². The highest BCUT2D eigenvalue weighted by Crippen LogP contribution is 2.40. The van der Waals surface area contributed by atoms with Crippen LogP contribution in [-0.4, -0.2) is 0 Å². The van der Waals surface area contributed by atoms with Crippen molar-refractivity contribution in [3.63, 3.8) is 0 Å². The summed E-state index contributed by atoms with van der Waals surface area (Å²) >= 11 is 0. The molecule has 0 radical (unpaired) electrons. The molecule has 62 heavy (non-hydrogen) atoms. The van der Waals surface area contributed by atoms with Crippen LogP contribution in [0.4, 0.5) is 0 Å². The van der Waals surface area contributed by atoms with E-state index in [2.05, 4.69) is 232 Å². The van der Waals surface area contributed by atoms with E-state index in [9.17, 15) is 0 Å². The molecule has 0 saturated heterocycles. The van der Waals surface area contributed by atoms with Crippen LogP contribution in [0.3, 0.4) is 0 Å². The van der Waals surface area contributed by atoms with Crippen LogP contribution in [0.25, 0.3) is 120 Å². The number of hydrogen-bond acceptors (Lipinski definition) is 0. The summed E-state index contributed by atoms with van der Waals surface area (Å²) < 4.78 is 0. The van der Waals surface area contributed by atoms with E-state index >= 15 is 0 Å². The minimum atomic E-state index is 1.22. The molecule has 0 unspecified atom stereocenters. The zero-order valence-corrected chi connectivity index (χ0v) is 34.8. The lowest BCUT2D eigenvalue weighted by atomic mass is 9.89. The number of fused-ring (bicyclic) bond motifs is 12. The normalized spacial score (nSPS) is 11.7. The predicted molar refractivity (Wildman–Crippen MR) is 268 cm³/mol. The molecule has 0 saturated carbocycles. The van der Waals surface area contributed by atoms with Gasteiger partial charge in [0.15, 0.2) is 0 Å². The van der Waals surface area contributed by atoms with E-state index in [4.69, 9.17) is 0 Å². The molecule has 0 fully saturated rings. The van der Waals surface area contributed by atoms with Crippen molar-refractivity contribution in [2.75, 3.05) is 0 Å². The fourth-order valence-corrected chi connectivity index (χ4v) is 10.2. The van der Waals surface area contributed by atoms with Gasteiger partial charge in [-0.25, -0.2) is 0 Å². The van der Waals surface area contributed by atoms with Crippen LogP contribution in [-0.2, 0) is 0 Å². The maximum Gasteiger partial charge on any atom is -0.00928 e. The van der Waals surface area contributed by atoms with E-state index in [0.29, 0.717) is 0 Å². The molecule has 0 aromatic heterocycles. The monoisotopic (exact) mass is 786 g/mol. The predicted octanol–water partition coefficient (Wildman–Crippen LogP) is 17.6. The first-order valence-electron chi connectivity index (χ1n) is 21.7. The van der Waals surface area contributed by atoms with Gasteiger partial charge in [-0.15, -0.1) is 0 Å². The highest BCUT2D eigenvalue weighted by molar-refractivity contribution is 6.27. The van der Waals surface area contributed by atoms with Gasteiger partial charge in [-0.2, -0.15) is 0 Å². The number of rotatable bonds is 5. The zero-order chi connectivity index (χ0) is 41.3. The van der Waals surface area contributed by atoms with Crippen LogP contribution in [0.2, 0.25) is 0 Å². The van der Waals surface area contributed by atoms with Crippen molar-refractivity contribution in [2.24, 2.45) is 0 Å². The molecule has 0 atom stereocenters. The molecular formula is C62H42. The third-order valence-electron chi connectivity index (χ3n) is 13.3. The fourth-order valence-electron chi connectivity index (χ4n) is 10.2. The van der Waals surface area contributed by atoms with Crippen molar-refractivity contribution in [1.29, 1.82) is 0 Å². The van der Waals surface area contributed by atoms with E-state index in [1.54, 1.807) is 0 Å². The molecule has 0 aliphatic heterocycles. The van der Waals surface area contributed by atoms with Crippen molar-refractivity contribution in [1.82, 2.24) is 0 Å². The summed E-state index contributed by atoms with van der Waals surface area (Å²) in [6.45, 7) is 4.49. The van der Waals surface area contributed by atoms with Gasteiger partial charge in [0.2, 0.25) is 0 Å². The first kappa shape index (κ1) is 36.1. The fraction of sp³-hybridized carbons (Fsp3) is 0.0323. The third-order valence-corrected chi connectivity index (χ3v) is 13.3. The summed E-state index contributed by atoms with van der Waals surface area (Å²) in [5.74, 6) is 0. The lowest BCUT2D eigenvalue weighted by molar-refractivity contribution is 1.40. The van der Waals surface area contributed by atoms with E-state index in [-0.39, 0.29) is 0 Å². The van der Waals surface area contributed by atoms with Crippen molar-refractivity contribution in [2.45, 2.75) is 13.8 Å². The van der Waals surface area contributed by atoms with Crippen molar-refractivity contribution < 1.29 is 0 Å². The molecule has 0 heteroatoms. The summed E-state index contributed by atoms with van der Waals surface area (Å²) in [5.41, 5.74) is 14.9. The van der Waals surface area contributed by atoms with E-state index in [1.165, 1.54) is 131 Å². The number of benzene rings is 12. The molecule has 0 amide bonds. The van der Waals surface area contributed by atoms with Gasteiger partial charge in [0.05, 0.1) is 0 Å². The molecule has 0 spiro atoms. The lowest BCUT2D eigenvalue weighted by Gasteiger charge is -2.15. The average molecular weight is 787 g/mol. The lowest BCUT2D eigenvalue weighted by Crippen LogP contribution is -1.90. The summed E-state index contributed by atoms with van der Waals surface area (Å²) in [6.07, 6.45) is 0. The van der Waals surface area contributed by atoms with Gasteiger partial charge < -0.3 is 0 Å². The molecule has 0 aliphatic rings. The number of hydrogen-bond donors (Lipinski definition) is 0. The Balaban J connectivity index is 0.848. The van der Waals surface area contributed by atoms with Crippen molar-refractivity contribution >= 4 is 64.6 Å². The summed E-state index contributed by atoms with van der Waals surface area (Å²) in [6, 6.07) is 81.0. The van der Waals surface area contributed by atoms with Crippen LogP contribution in [0.15, 0.2) is 218 Å². The largest absolute Gasteiger partial charge is 0.0616 e. The second-order valence-electron chi connectivity index (χ2n) is 16.9. The highest BCUT2D eigenvalue weighted by atomic mass is 14.2. The molecule has 12 rings (SSSR count). The number of aryl methyl sites for hydroxylation is 2. The molecular weight excluding hydrogens is 745 g/mol. The van der Waals surface area contributed by atoms with Crippen molar-refractivity contribution in [3.8, 4) is 55.6 Å². The highest BCUT2D eigenvalue weighted by Gasteiger charge is 2.14. The average Bonchev–Trinajstić information content (AvgIpc) is 3.34. The molecule has 12 aromatic carbocycles. The Kier molecular flexibility index (Phi) is 8.40. The van der Waals surface area contributed by atoms with Crippen LogP contribution in [0.5, 0.6) is 0 Å². The van der Waals surface area contributed by atoms with Crippen LogP contribution in [0.1, 0.15) is 11.1 Å². The van der Waals surface area contributed by atoms with Gasteiger partial charge in [0.1, 0.15) is 0 Å². The summed E-state index contributed by atoms with van der Waals surface area (Å²) in [7, 11) is 0. The SMILES string of the molecule is Cc1cc(-c2cccc(-c3ccc4c5ccccc5c5ccccc5c4c3)c2)ccc1-c1ccc(-c2cccc(-c3ccc4c5ccccc5c5ccccc5c4c3)c2)cc1C. The molecule has 0 N–H and O–H groups in total. The topological polar surface area (TPSA) is 0 Å². The van der Waals surface area contributed by atoms with E-state index in [0.717, 1.165) is 0 Å². The van der Waals surface area contributed by atoms with Crippen LogP contribution >= 0.6 is 0 Å². The Bertz CT molecular complexity index is 3450. The Morgan fingerprint density at radius 3 is 0.726 bits per heavy atom. The smallest absolute Gasteiger partial charge is 0.00928 e. The second kappa shape index (κ2) is 14.4. The molecule has 0 nitrogen and oxygen atoms in total. The molecule has 12 aromatic rings. The molecule has 0 heterocycles. The first-order chi connectivity index (χ1) is 30.6. The maximum absolute atomic E-state index is 2.38. The van der Waals surface area contributed by atoms with Crippen LogP contribution < -0.4 is 0 Å². The second-order valence-corrected chi connectivity index (χ2v) is 16.9. The van der Waals surface area contributed by atoms with Gasteiger partial charge in [0, 0.05) is 0 Å². The summed E-state index contributed by atoms with van der Waals surface area (Å²) in [4.78, 5) is 0. The standard InChI is InChI=1S/C62H42/c1-39-33-45(41-13-11-15-43(35-41)47-27-31-59-55-21-5-3-17-51(55)53-19-7-9-23-57(53)61(59)37-47)25-29-49(39)50-30-26-46(34-40(50)2)42-14-12-16-44(36-42)48-28-32-60-56-22-6-4-18-52(56)54-20-8-10-24-58(54)62(60)38-48/h3-38H,1-2H3. The van der Waals surface area contributed by atoms with E-state index < -0.39 is 0 Å². The molecule has 0 aliphatic carbocycles. The molecule has 0 bridgehead atoms. The van der Waals surface area contributed by atoms with E-state index in [1.807, 2.05) is 0 Å². The van der Waals surface area contributed by atoms with Crippen LogP contribution in [0, 0.1) is 13.8 Å². The Morgan fingerprint density at radius 1 is 0.177 bits per heavy atom. The first-order valence-corrected chi connectivity index (χ1v) is 21.7. The Hall–Kier alpha value is -7.80. The zero-order valence-electron chi connectivity index (χ0n) is 34.8. The summed E-state index contributed by atoms with van der Waals surface area (Å²) in [5, 5.41) is 15.6. The Labute approximate surface area is 362 Å². The van der Waals surface area contributed by atoms with Gasteiger partial charge in [-0.3, -0.25) is 0 Å².